The molecule has 0 spiro atoms. The van der Waals surface area contributed by atoms with E-state index < -0.39 is 0 Å². The van der Waals surface area contributed by atoms with Crippen LogP contribution < -0.4 is 5.32 Å². The minimum atomic E-state index is 0.440. The Labute approximate surface area is 118 Å². The van der Waals surface area contributed by atoms with Crippen molar-refractivity contribution in [2.45, 2.75) is 66.6 Å². The lowest BCUT2D eigenvalue weighted by Crippen LogP contribution is -2.40. The zero-order valence-electron chi connectivity index (χ0n) is 13.6. The predicted molar refractivity (Wildman–Crippen MR) is 82.8 cm³/mol. The van der Waals surface area contributed by atoms with Crippen LogP contribution in [0.25, 0.3) is 0 Å². The SMILES string of the molecule is Cc1cn(C(C)C)c(NCCN(C(C)C)C(C)C)n1. The minimum absolute atomic E-state index is 0.440. The predicted octanol–water partition coefficient (Wildman–Crippen LogP) is 3.30. The maximum absolute atomic E-state index is 4.55. The Bertz CT molecular complexity index is 371. The van der Waals surface area contributed by atoms with Crippen LogP contribution in [0.4, 0.5) is 5.95 Å². The van der Waals surface area contributed by atoms with Gasteiger partial charge >= 0.3 is 0 Å². The lowest BCUT2D eigenvalue weighted by molar-refractivity contribution is 0.182. The van der Waals surface area contributed by atoms with Crippen molar-refractivity contribution in [3.8, 4) is 0 Å². The van der Waals surface area contributed by atoms with Crippen molar-refractivity contribution in [2.75, 3.05) is 18.4 Å². The second kappa shape index (κ2) is 6.94. The van der Waals surface area contributed by atoms with E-state index in [2.05, 4.69) is 67.5 Å². The lowest BCUT2D eigenvalue weighted by Gasteiger charge is -2.30. The van der Waals surface area contributed by atoms with Crippen LogP contribution in [0.2, 0.25) is 0 Å². The highest BCUT2D eigenvalue weighted by Gasteiger charge is 2.13. The van der Waals surface area contributed by atoms with Crippen molar-refractivity contribution < 1.29 is 0 Å². The van der Waals surface area contributed by atoms with Crippen molar-refractivity contribution in [3.05, 3.63) is 11.9 Å². The zero-order chi connectivity index (χ0) is 14.6. The Kier molecular flexibility index (Phi) is 5.85. The van der Waals surface area contributed by atoms with E-state index >= 15 is 0 Å². The molecule has 0 aliphatic carbocycles. The van der Waals surface area contributed by atoms with Gasteiger partial charge in [0.25, 0.3) is 0 Å². The summed E-state index contributed by atoms with van der Waals surface area (Å²) in [6.45, 7) is 17.4. The highest BCUT2D eigenvalue weighted by atomic mass is 15.2. The van der Waals surface area contributed by atoms with E-state index in [1.165, 1.54) is 0 Å². The Morgan fingerprint density at radius 1 is 1.16 bits per heavy atom. The van der Waals surface area contributed by atoms with Gasteiger partial charge in [-0.05, 0) is 48.5 Å². The van der Waals surface area contributed by atoms with E-state index in [4.69, 9.17) is 0 Å². The van der Waals surface area contributed by atoms with Gasteiger partial charge in [-0.15, -0.1) is 0 Å². The average molecular weight is 266 g/mol. The molecule has 19 heavy (non-hydrogen) atoms. The van der Waals surface area contributed by atoms with Gasteiger partial charge in [0.05, 0.1) is 5.69 Å². The van der Waals surface area contributed by atoms with E-state index in [1.54, 1.807) is 0 Å². The van der Waals surface area contributed by atoms with E-state index in [1.807, 2.05) is 6.92 Å². The zero-order valence-corrected chi connectivity index (χ0v) is 13.6. The number of rotatable bonds is 7. The Morgan fingerprint density at radius 2 is 1.74 bits per heavy atom. The molecule has 4 heteroatoms. The van der Waals surface area contributed by atoms with Crippen molar-refractivity contribution in [1.29, 1.82) is 0 Å². The largest absolute Gasteiger partial charge is 0.354 e. The van der Waals surface area contributed by atoms with E-state index in [0.717, 1.165) is 24.7 Å². The maximum atomic E-state index is 4.55. The Balaban J connectivity index is 2.57. The van der Waals surface area contributed by atoms with E-state index in [0.29, 0.717) is 18.1 Å². The number of hydrogen-bond donors (Lipinski definition) is 1. The standard InChI is InChI=1S/C15H30N4/c1-11(2)18(12(3)4)9-8-16-15-17-14(7)10-19(15)13(5)6/h10-13H,8-9H2,1-7H3,(H,16,17). The normalized spacial score (nSPS) is 12.2. The molecule has 0 saturated heterocycles. The highest BCUT2D eigenvalue weighted by Crippen LogP contribution is 2.15. The smallest absolute Gasteiger partial charge is 0.203 e. The molecular formula is C15H30N4. The van der Waals surface area contributed by atoms with Gasteiger partial charge in [-0.2, -0.15) is 0 Å². The topological polar surface area (TPSA) is 33.1 Å². The molecule has 4 nitrogen and oxygen atoms in total. The molecule has 0 aromatic carbocycles. The molecule has 0 amide bonds. The fourth-order valence-electron chi connectivity index (χ4n) is 2.45. The lowest BCUT2D eigenvalue weighted by atomic mass is 10.2. The molecule has 0 saturated carbocycles. The van der Waals surface area contributed by atoms with Crippen LogP contribution in [0, 0.1) is 6.92 Å². The van der Waals surface area contributed by atoms with Crippen LogP contribution in [0.15, 0.2) is 6.20 Å². The molecule has 1 aromatic heterocycles. The molecule has 0 aliphatic rings. The molecule has 1 aromatic rings. The van der Waals surface area contributed by atoms with Crippen LogP contribution in [-0.4, -0.2) is 39.6 Å². The van der Waals surface area contributed by atoms with Gasteiger partial charge in [-0.25, -0.2) is 4.98 Å². The van der Waals surface area contributed by atoms with Crippen molar-refractivity contribution in [2.24, 2.45) is 0 Å². The Morgan fingerprint density at radius 3 is 2.21 bits per heavy atom. The molecule has 1 N–H and O–H groups in total. The van der Waals surface area contributed by atoms with Crippen molar-refractivity contribution in [1.82, 2.24) is 14.5 Å². The van der Waals surface area contributed by atoms with Gasteiger partial charge in [0.2, 0.25) is 5.95 Å². The summed E-state index contributed by atoms with van der Waals surface area (Å²) in [7, 11) is 0. The summed E-state index contributed by atoms with van der Waals surface area (Å²) in [5.74, 6) is 0.986. The average Bonchev–Trinajstić information content (AvgIpc) is 2.65. The summed E-state index contributed by atoms with van der Waals surface area (Å²) < 4.78 is 2.20. The third-order valence-corrected chi connectivity index (χ3v) is 3.39. The van der Waals surface area contributed by atoms with Crippen LogP contribution >= 0.6 is 0 Å². The molecule has 110 valence electrons. The second-order valence-corrected chi connectivity index (χ2v) is 6.06. The molecule has 0 radical (unpaired) electrons. The molecule has 0 atom stereocenters. The van der Waals surface area contributed by atoms with E-state index in [9.17, 15) is 0 Å². The van der Waals surface area contributed by atoms with Gasteiger partial charge < -0.3 is 9.88 Å². The quantitative estimate of drug-likeness (QED) is 0.822. The van der Waals surface area contributed by atoms with Gasteiger partial charge in [0, 0.05) is 37.4 Å². The Hall–Kier alpha value is -1.03. The molecule has 0 fully saturated rings. The van der Waals surface area contributed by atoms with Crippen LogP contribution in [0.3, 0.4) is 0 Å². The van der Waals surface area contributed by atoms with Gasteiger partial charge in [-0.1, -0.05) is 0 Å². The van der Waals surface area contributed by atoms with Crippen LogP contribution in [0.5, 0.6) is 0 Å². The molecule has 1 heterocycles. The van der Waals surface area contributed by atoms with Crippen molar-refractivity contribution >= 4 is 5.95 Å². The summed E-state index contributed by atoms with van der Waals surface area (Å²) in [5.41, 5.74) is 1.07. The molecule has 1 rings (SSSR count). The molecule has 0 unspecified atom stereocenters. The first kappa shape index (κ1) is 16.0. The van der Waals surface area contributed by atoms with Crippen molar-refractivity contribution in [3.63, 3.8) is 0 Å². The molecule has 0 bridgehead atoms. The first-order chi connectivity index (χ1) is 8.82. The van der Waals surface area contributed by atoms with Gasteiger partial charge in [0.15, 0.2) is 0 Å². The van der Waals surface area contributed by atoms with Gasteiger partial charge in [-0.3, -0.25) is 4.90 Å². The number of nitrogens with zero attached hydrogens (tertiary/aromatic N) is 3. The third kappa shape index (κ3) is 4.53. The number of aryl methyl sites for hydroxylation is 1. The van der Waals surface area contributed by atoms with E-state index in [-0.39, 0.29) is 0 Å². The number of anilines is 1. The number of nitrogens with one attached hydrogen (secondary N) is 1. The number of aromatic nitrogens is 2. The monoisotopic (exact) mass is 266 g/mol. The molecule has 0 aliphatic heterocycles. The maximum Gasteiger partial charge on any atom is 0.203 e. The van der Waals surface area contributed by atoms with Gasteiger partial charge in [0.1, 0.15) is 0 Å². The van der Waals surface area contributed by atoms with Crippen LogP contribution in [0.1, 0.15) is 53.3 Å². The second-order valence-electron chi connectivity index (χ2n) is 6.06. The highest BCUT2D eigenvalue weighted by molar-refractivity contribution is 5.29. The summed E-state index contributed by atoms with van der Waals surface area (Å²) in [6, 6.07) is 1.59. The van der Waals surface area contributed by atoms with Crippen LogP contribution in [-0.2, 0) is 0 Å². The minimum Gasteiger partial charge on any atom is -0.354 e. The number of imidazole rings is 1. The summed E-state index contributed by atoms with van der Waals surface area (Å²) in [6.07, 6.45) is 2.11. The first-order valence-electron chi connectivity index (χ1n) is 7.38. The fourth-order valence-corrected chi connectivity index (χ4v) is 2.45. The first-order valence-corrected chi connectivity index (χ1v) is 7.38. The third-order valence-electron chi connectivity index (χ3n) is 3.39. The summed E-state index contributed by atoms with van der Waals surface area (Å²) in [5, 5.41) is 3.47. The summed E-state index contributed by atoms with van der Waals surface area (Å²) in [4.78, 5) is 7.04. The molecular weight excluding hydrogens is 236 g/mol. The summed E-state index contributed by atoms with van der Waals surface area (Å²) >= 11 is 0. The fraction of sp³-hybridized carbons (Fsp3) is 0.800. The number of hydrogen-bond acceptors (Lipinski definition) is 3.